The number of nitrogens with one attached hydrogen (secondary N) is 2. The average molecular weight is 485 g/mol. The molecule has 0 spiro atoms. The van der Waals surface area contributed by atoms with Gasteiger partial charge in [0, 0.05) is 37.7 Å². The number of hydrogen-bond acceptors (Lipinski definition) is 4. The molecule has 0 aromatic heterocycles. The van der Waals surface area contributed by atoms with Crippen LogP contribution in [0.5, 0.6) is 0 Å². The Labute approximate surface area is 203 Å². The molecule has 186 valence electrons. The van der Waals surface area contributed by atoms with Gasteiger partial charge in [-0.25, -0.2) is 8.78 Å². The third kappa shape index (κ3) is 6.42. The Kier molecular flexibility index (Phi) is 7.75. The lowest BCUT2D eigenvalue weighted by molar-refractivity contribution is -0.145. The number of benzene rings is 2. The smallest absolute Gasteiger partial charge is 0.251 e. The first kappa shape index (κ1) is 24.8. The number of carbonyl (C=O) groups excluding carboxylic acids is 3. The van der Waals surface area contributed by atoms with E-state index < -0.39 is 17.8 Å². The summed E-state index contributed by atoms with van der Waals surface area (Å²) in [6.07, 6.45) is 2.00. The van der Waals surface area contributed by atoms with E-state index in [1.54, 1.807) is 24.1 Å². The minimum atomic E-state index is -0.794. The summed E-state index contributed by atoms with van der Waals surface area (Å²) < 4.78 is 26.4. The molecule has 1 saturated heterocycles. The molecule has 9 heteroatoms. The zero-order valence-electron chi connectivity index (χ0n) is 19.7. The first-order valence-corrected chi connectivity index (χ1v) is 11.9. The molecule has 2 fully saturated rings. The third-order valence-electron chi connectivity index (χ3n) is 6.64. The second-order valence-corrected chi connectivity index (χ2v) is 9.20. The number of hydrogen-bond donors (Lipinski definition) is 2. The minimum Gasteiger partial charge on any atom is -0.342 e. The molecule has 2 aromatic carbocycles. The molecule has 0 radical (unpaired) electrons. The highest BCUT2D eigenvalue weighted by atomic mass is 19.1. The van der Waals surface area contributed by atoms with E-state index >= 15 is 0 Å². The molecular weight excluding hydrogens is 454 g/mol. The van der Waals surface area contributed by atoms with Gasteiger partial charge in [-0.1, -0.05) is 12.1 Å². The fraction of sp³-hybridized carbons (Fsp3) is 0.423. The maximum absolute atomic E-state index is 13.2. The number of halogens is 2. The first-order chi connectivity index (χ1) is 16.8. The molecule has 0 bridgehead atoms. The summed E-state index contributed by atoms with van der Waals surface area (Å²) in [6, 6.07) is 11.2. The predicted molar refractivity (Wildman–Crippen MR) is 127 cm³/mol. The molecule has 0 unspecified atom stereocenters. The largest absolute Gasteiger partial charge is 0.342 e. The number of rotatable bonds is 9. The highest BCUT2D eigenvalue weighted by Gasteiger charge is 2.38. The Morgan fingerprint density at radius 2 is 1.69 bits per heavy atom. The van der Waals surface area contributed by atoms with E-state index in [1.807, 2.05) is 0 Å². The molecule has 1 heterocycles. The topological polar surface area (TPSA) is 81.8 Å². The first-order valence-electron chi connectivity index (χ1n) is 11.9. The Morgan fingerprint density at radius 3 is 2.34 bits per heavy atom. The molecule has 2 N–H and O–H groups in total. The summed E-state index contributed by atoms with van der Waals surface area (Å²) in [5.74, 6) is -1.25. The second kappa shape index (κ2) is 10.9. The maximum atomic E-state index is 13.2. The van der Waals surface area contributed by atoms with Gasteiger partial charge in [-0.15, -0.1) is 0 Å². The third-order valence-corrected chi connectivity index (χ3v) is 6.64. The van der Waals surface area contributed by atoms with Gasteiger partial charge in [0.1, 0.15) is 17.7 Å². The SMILES string of the molecule is CN1CCN(C(=O)[C@H](CCCN[C@@H]2C[C@H]2c2ccc(F)cc2)NC(=O)c2ccc(F)cc2)CC1=O. The van der Waals surface area contributed by atoms with Crippen molar-refractivity contribution in [3.05, 3.63) is 71.3 Å². The molecule has 1 aliphatic heterocycles. The summed E-state index contributed by atoms with van der Waals surface area (Å²) in [5.41, 5.74) is 1.36. The van der Waals surface area contributed by atoms with Gasteiger partial charge in [-0.2, -0.15) is 0 Å². The molecular formula is C26H30F2N4O3. The van der Waals surface area contributed by atoms with Crippen LogP contribution < -0.4 is 10.6 Å². The Balaban J connectivity index is 1.32. The molecule has 35 heavy (non-hydrogen) atoms. The second-order valence-electron chi connectivity index (χ2n) is 9.20. The van der Waals surface area contributed by atoms with Crippen LogP contribution in [0.25, 0.3) is 0 Å². The summed E-state index contributed by atoms with van der Waals surface area (Å²) in [6.45, 7) is 1.49. The van der Waals surface area contributed by atoms with Crippen LogP contribution >= 0.6 is 0 Å². The van der Waals surface area contributed by atoms with Gasteiger partial charge in [0.05, 0.1) is 6.54 Å². The van der Waals surface area contributed by atoms with Gasteiger partial charge >= 0.3 is 0 Å². The van der Waals surface area contributed by atoms with Crippen molar-refractivity contribution in [1.82, 2.24) is 20.4 Å². The van der Waals surface area contributed by atoms with Crippen molar-refractivity contribution in [3.63, 3.8) is 0 Å². The average Bonchev–Trinajstić information content (AvgIpc) is 3.62. The monoisotopic (exact) mass is 484 g/mol. The van der Waals surface area contributed by atoms with Crippen LogP contribution in [0.4, 0.5) is 8.78 Å². The van der Waals surface area contributed by atoms with Crippen LogP contribution in [-0.4, -0.2) is 72.8 Å². The predicted octanol–water partition coefficient (Wildman–Crippen LogP) is 2.29. The molecule has 1 aliphatic carbocycles. The lowest BCUT2D eigenvalue weighted by atomic mass is 10.1. The molecule has 3 amide bonds. The number of carbonyl (C=O) groups is 3. The van der Waals surface area contributed by atoms with Crippen LogP contribution in [0, 0.1) is 11.6 Å². The fourth-order valence-corrected chi connectivity index (χ4v) is 4.36. The van der Waals surface area contributed by atoms with Gasteiger partial charge in [0.2, 0.25) is 11.8 Å². The van der Waals surface area contributed by atoms with Crippen molar-refractivity contribution in [2.24, 2.45) is 0 Å². The molecule has 3 atom stereocenters. The van der Waals surface area contributed by atoms with Crippen molar-refractivity contribution < 1.29 is 23.2 Å². The summed E-state index contributed by atoms with van der Waals surface area (Å²) in [7, 11) is 1.70. The van der Waals surface area contributed by atoms with Crippen molar-refractivity contribution in [1.29, 1.82) is 0 Å². The number of amides is 3. The normalized spacial score (nSPS) is 20.5. The van der Waals surface area contributed by atoms with E-state index in [9.17, 15) is 23.2 Å². The zero-order valence-corrected chi connectivity index (χ0v) is 19.7. The molecule has 2 aromatic rings. The van der Waals surface area contributed by atoms with E-state index in [0.717, 1.165) is 12.0 Å². The van der Waals surface area contributed by atoms with Crippen LogP contribution in [0.3, 0.4) is 0 Å². The fourth-order valence-electron chi connectivity index (χ4n) is 4.36. The van der Waals surface area contributed by atoms with Crippen molar-refractivity contribution in [2.45, 2.75) is 37.3 Å². The van der Waals surface area contributed by atoms with Crippen LogP contribution in [0.15, 0.2) is 48.5 Å². The number of likely N-dealkylation sites (N-methyl/N-ethyl adjacent to an activating group) is 1. The van der Waals surface area contributed by atoms with E-state index in [-0.39, 0.29) is 29.7 Å². The molecule has 1 saturated carbocycles. The van der Waals surface area contributed by atoms with E-state index in [0.29, 0.717) is 44.4 Å². The number of nitrogens with zero attached hydrogens (tertiary/aromatic N) is 2. The van der Waals surface area contributed by atoms with Gasteiger partial charge in [-0.3, -0.25) is 14.4 Å². The minimum absolute atomic E-state index is 0.0159. The molecule has 7 nitrogen and oxygen atoms in total. The van der Waals surface area contributed by atoms with E-state index in [4.69, 9.17) is 0 Å². The van der Waals surface area contributed by atoms with Gasteiger partial charge < -0.3 is 20.4 Å². The van der Waals surface area contributed by atoms with Crippen molar-refractivity contribution >= 4 is 17.7 Å². The van der Waals surface area contributed by atoms with Crippen LogP contribution in [0.1, 0.15) is 41.1 Å². The van der Waals surface area contributed by atoms with E-state index in [2.05, 4.69) is 10.6 Å². The Bertz CT molecular complexity index is 1060. The van der Waals surface area contributed by atoms with E-state index in [1.165, 1.54) is 41.3 Å². The highest BCUT2D eigenvalue weighted by Crippen LogP contribution is 2.40. The molecule has 4 rings (SSSR count). The maximum Gasteiger partial charge on any atom is 0.251 e. The Hall–Kier alpha value is -3.33. The van der Waals surface area contributed by atoms with Crippen LogP contribution in [-0.2, 0) is 9.59 Å². The lowest BCUT2D eigenvalue weighted by Crippen LogP contribution is -2.56. The van der Waals surface area contributed by atoms with Gasteiger partial charge in [0.15, 0.2) is 0 Å². The number of piperazine rings is 1. The lowest BCUT2D eigenvalue weighted by Gasteiger charge is -2.34. The standard InChI is InChI=1S/C26H30F2N4O3/c1-31-13-14-32(16-24(31)33)26(35)22(30-25(34)18-6-10-20(28)11-7-18)3-2-12-29-23-15-21(23)17-4-8-19(27)9-5-17/h4-11,21-23,29H,2-3,12-16H2,1H3,(H,30,34)/t21-,22-,23+/m0/s1. The van der Waals surface area contributed by atoms with Crippen LogP contribution in [0.2, 0.25) is 0 Å². The van der Waals surface area contributed by atoms with Gasteiger partial charge in [-0.05, 0) is 67.8 Å². The summed E-state index contributed by atoms with van der Waals surface area (Å²) >= 11 is 0. The Morgan fingerprint density at radius 1 is 1.03 bits per heavy atom. The van der Waals surface area contributed by atoms with Crippen molar-refractivity contribution in [3.8, 4) is 0 Å². The zero-order chi connectivity index (χ0) is 24.9. The highest BCUT2D eigenvalue weighted by molar-refractivity contribution is 5.98. The van der Waals surface area contributed by atoms with Crippen molar-refractivity contribution in [2.75, 3.05) is 33.2 Å². The summed E-state index contributed by atoms with van der Waals surface area (Å²) in [4.78, 5) is 41.1. The quantitative estimate of drug-likeness (QED) is 0.536. The molecule has 2 aliphatic rings. The summed E-state index contributed by atoms with van der Waals surface area (Å²) in [5, 5.41) is 6.24. The van der Waals surface area contributed by atoms with Gasteiger partial charge in [0.25, 0.3) is 5.91 Å².